The van der Waals surface area contributed by atoms with Crippen molar-refractivity contribution in [3.05, 3.63) is 15.9 Å². The Bertz CT molecular complexity index is 287. The molecule has 5 nitrogen and oxygen atoms in total. The first-order valence-corrected chi connectivity index (χ1v) is 3.67. The number of nitrogens with two attached hydrogens (primary N) is 1. The molecule has 0 bridgehead atoms. The molecule has 12 heavy (non-hydrogen) atoms. The number of hydrogen-bond acceptors (Lipinski definition) is 3. The van der Waals surface area contributed by atoms with Crippen molar-refractivity contribution in [1.82, 2.24) is 15.6 Å². The molecule has 1 rings (SSSR count). The lowest BCUT2D eigenvalue weighted by atomic mass is 10.4. The molecule has 0 saturated carbocycles. The van der Waals surface area contributed by atoms with E-state index in [1.807, 2.05) is 5.43 Å². The molecule has 1 aromatic heterocycles. The van der Waals surface area contributed by atoms with Gasteiger partial charge in [-0.2, -0.15) is 5.10 Å². The van der Waals surface area contributed by atoms with Crippen LogP contribution in [0.3, 0.4) is 0 Å². The molecule has 1 heterocycles. The van der Waals surface area contributed by atoms with E-state index in [2.05, 4.69) is 26.1 Å². The number of aryl methyl sites for hydroxylation is 1. The number of halogens is 2. The summed E-state index contributed by atoms with van der Waals surface area (Å²) in [5.41, 5.74) is 3.05. The van der Waals surface area contributed by atoms with E-state index in [4.69, 9.17) is 5.84 Å². The van der Waals surface area contributed by atoms with Crippen molar-refractivity contribution in [2.45, 2.75) is 6.92 Å². The maximum atomic E-state index is 10.9. The van der Waals surface area contributed by atoms with Crippen LogP contribution in [0.5, 0.6) is 0 Å². The quantitative estimate of drug-likeness (QED) is 0.388. The molecular formula is C5H8BrClN4O. The SMILES string of the molecule is Cc1[nH]nc(C(=O)NN)c1Br.Cl. The Morgan fingerprint density at radius 1 is 1.75 bits per heavy atom. The van der Waals surface area contributed by atoms with Gasteiger partial charge in [-0.3, -0.25) is 15.3 Å². The first-order chi connectivity index (χ1) is 5.16. The predicted octanol–water partition coefficient (Wildman–Crippen LogP) is 0.506. The maximum absolute atomic E-state index is 10.9. The van der Waals surface area contributed by atoms with E-state index >= 15 is 0 Å². The lowest BCUT2D eigenvalue weighted by Crippen LogP contribution is -2.30. The van der Waals surface area contributed by atoms with Crippen LogP contribution in [0.25, 0.3) is 0 Å². The van der Waals surface area contributed by atoms with Gasteiger partial charge < -0.3 is 0 Å². The highest BCUT2D eigenvalue weighted by molar-refractivity contribution is 9.10. The molecule has 0 spiro atoms. The monoisotopic (exact) mass is 254 g/mol. The van der Waals surface area contributed by atoms with Crippen LogP contribution >= 0.6 is 28.3 Å². The number of nitrogen functional groups attached to an aromatic ring is 1. The number of H-pyrrole nitrogens is 1. The minimum absolute atomic E-state index is 0. The zero-order valence-corrected chi connectivity index (χ0v) is 8.62. The lowest BCUT2D eigenvalue weighted by molar-refractivity contribution is 0.0948. The number of aromatic amines is 1. The lowest BCUT2D eigenvalue weighted by Gasteiger charge is -1.93. The van der Waals surface area contributed by atoms with E-state index in [1.165, 1.54) is 0 Å². The minimum Gasteiger partial charge on any atom is -0.289 e. The fraction of sp³-hybridized carbons (Fsp3) is 0.200. The Morgan fingerprint density at radius 3 is 2.67 bits per heavy atom. The Kier molecular flexibility index (Phi) is 4.22. The highest BCUT2D eigenvalue weighted by Crippen LogP contribution is 2.17. The molecule has 0 aliphatic carbocycles. The smallest absolute Gasteiger partial charge is 0.286 e. The summed E-state index contributed by atoms with van der Waals surface area (Å²) in [7, 11) is 0. The molecule has 0 unspecified atom stereocenters. The van der Waals surface area contributed by atoms with E-state index in [0.717, 1.165) is 5.69 Å². The van der Waals surface area contributed by atoms with Gasteiger partial charge in [-0.05, 0) is 22.9 Å². The van der Waals surface area contributed by atoms with Crippen LogP contribution in [0.15, 0.2) is 4.47 Å². The molecular weight excluding hydrogens is 247 g/mol. The van der Waals surface area contributed by atoms with Crippen molar-refractivity contribution in [2.75, 3.05) is 0 Å². The highest BCUT2D eigenvalue weighted by Gasteiger charge is 2.13. The molecule has 0 radical (unpaired) electrons. The summed E-state index contributed by atoms with van der Waals surface area (Å²) in [5.74, 6) is 4.49. The van der Waals surface area contributed by atoms with Gasteiger partial charge in [0.05, 0.1) is 4.47 Å². The number of hydrogen-bond donors (Lipinski definition) is 3. The van der Waals surface area contributed by atoms with Gasteiger partial charge >= 0.3 is 0 Å². The second-order valence-corrected chi connectivity index (χ2v) is 2.78. The Balaban J connectivity index is 0.00000121. The average molecular weight is 256 g/mol. The summed E-state index contributed by atoms with van der Waals surface area (Å²) < 4.78 is 0.639. The third-order valence-corrected chi connectivity index (χ3v) is 2.19. The number of rotatable bonds is 1. The number of hydrazine groups is 1. The van der Waals surface area contributed by atoms with Gasteiger partial charge in [0.1, 0.15) is 0 Å². The molecule has 0 atom stereocenters. The van der Waals surface area contributed by atoms with E-state index in [1.54, 1.807) is 6.92 Å². The van der Waals surface area contributed by atoms with Crippen LogP contribution in [-0.4, -0.2) is 16.1 Å². The van der Waals surface area contributed by atoms with Crippen molar-refractivity contribution in [2.24, 2.45) is 5.84 Å². The summed E-state index contributed by atoms with van der Waals surface area (Å²) in [6.07, 6.45) is 0. The summed E-state index contributed by atoms with van der Waals surface area (Å²) in [4.78, 5) is 10.9. The van der Waals surface area contributed by atoms with Crippen LogP contribution in [-0.2, 0) is 0 Å². The first-order valence-electron chi connectivity index (χ1n) is 2.88. The molecule has 0 aromatic carbocycles. The minimum atomic E-state index is -0.416. The molecule has 0 aliphatic heterocycles. The van der Waals surface area contributed by atoms with Crippen LogP contribution < -0.4 is 11.3 Å². The zero-order chi connectivity index (χ0) is 8.43. The number of amides is 1. The summed E-state index contributed by atoms with van der Waals surface area (Å²) in [6, 6.07) is 0. The van der Waals surface area contributed by atoms with Crippen LogP contribution in [0.4, 0.5) is 0 Å². The molecule has 1 amide bonds. The summed E-state index contributed by atoms with van der Waals surface area (Å²) >= 11 is 3.18. The topological polar surface area (TPSA) is 83.8 Å². The van der Waals surface area contributed by atoms with Gasteiger partial charge in [0.25, 0.3) is 5.91 Å². The normalized spacial score (nSPS) is 8.92. The fourth-order valence-corrected chi connectivity index (χ4v) is 0.992. The van der Waals surface area contributed by atoms with Crippen molar-refractivity contribution in [3.8, 4) is 0 Å². The number of carbonyl (C=O) groups is 1. The second-order valence-electron chi connectivity index (χ2n) is 1.98. The van der Waals surface area contributed by atoms with Crippen LogP contribution in [0.2, 0.25) is 0 Å². The average Bonchev–Trinajstić information content (AvgIpc) is 2.32. The van der Waals surface area contributed by atoms with Crippen molar-refractivity contribution in [1.29, 1.82) is 0 Å². The molecule has 1 aromatic rings. The van der Waals surface area contributed by atoms with E-state index in [-0.39, 0.29) is 18.1 Å². The Morgan fingerprint density at radius 2 is 2.33 bits per heavy atom. The van der Waals surface area contributed by atoms with Crippen LogP contribution in [0.1, 0.15) is 16.2 Å². The first kappa shape index (κ1) is 11.4. The summed E-state index contributed by atoms with van der Waals surface area (Å²) in [5, 5.41) is 6.36. The fourth-order valence-electron chi connectivity index (χ4n) is 0.634. The third-order valence-electron chi connectivity index (χ3n) is 1.22. The van der Waals surface area contributed by atoms with Crippen molar-refractivity contribution >= 4 is 34.2 Å². The second kappa shape index (κ2) is 4.44. The van der Waals surface area contributed by atoms with Crippen molar-refractivity contribution in [3.63, 3.8) is 0 Å². The molecule has 0 fully saturated rings. The maximum Gasteiger partial charge on any atom is 0.286 e. The largest absolute Gasteiger partial charge is 0.289 e. The van der Waals surface area contributed by atoms with Gasteiger partial charge in [0, 0.05) is 5.69 Å². The molecule has 68 valence electrons. The predicted molar refractivity (Wildman–Crippen MR) is 49.9 cm³/mol. The van der Waals surface area contributed by atoms with E-state index in [0.29, 0.717) is 4.47 Å². The molecule has 0 saturated heterocycles. The number of nitrogens with one attached hydrogen (secondary N) is 2. The Labute approximate surface area is 83.6 Å². The summed E-state index contributed by atoms with van der Waals surface area (Å²) in [6.45, 7) is 1.80. The number of carbonyl (C=O) groups excluding carboxylic acids is 1. The van der Waals surface area contributed by atoms with Crippen LogP contribution in [0, 0.1) is 6.92 Å². The zero-order valence-electron chi connectivity index (χ0n) is 6.22. The van der Waals surface area contributed by atoms with E-state index in [9.17, 15) is 4.79 Å². The number of aromatic nitrogens is 2. The van der Waals surface area contributed by atoms with E-state index < -0.39 is 5.91 Å². The molecule has 7 heteroatoms. The van der Waals surface area contributed by atoms with Gasteiger partial charge in [-0.15, -0.1) is 12.4 Å². The van der Waals surface area contributed by atoms with Gasteiger partial charge in [0.2, 0.25) is 0 Å². The van der Waals surface area contributed by atoms with Crippen molar-refractivity contribution < 1.29 is 4.79 Å². The van der Waals surface area contributed by atoms with Gasteiger partial charge in [-0.1, -0.05) is 0 Å². The standard InChI is InChI=1S/C5H7BrN4O.ClH/c1-2-3(6)4(10-9-2)5(11)8-7;/h7H2,1H3,(H,8,11)(H,9,10);1H. The van der Waals surface area contributed by atoms with Gasteiger partial charge in [0.15, 0.2) is 5.69 Å². The Hall–Kier alpha value is -0.590. The molecule has 4 N–H and O–H groups in total. The van der Waals surface area contributed by atoms with Gasteiger partial charge in [-0.25, -0.2) is 5.84 Å². The number of nitrogens with zero attached hydrogens (tertiary/aromatic N) is 1. The molecule has 0 aliphatic rings. The third kappa shape index (κ3) is 1.96. The highest BCUT2D eigenvalue weighted by atomic mass is 79.9.